The molecule has 0 spiro atoms. The SMILES string of the molecule is O=c1[nH]cnc(OCCC2CCC2)c1Cl. The Morgan fingerprint density at radius 3 is 3.07 bits per heavy atom. The van der Waals surface area contributed by atoms with Gasteiger partial charge in [0.1, 0.15) is 0 Å². The van der Waals surface area contributed by atoms with Crippen LogP contribution in [0.3, 0.4) is 0 Å². The minimum Gasteiger partial charge on any atom is -0.476 e. The van der Waals surface area contributed by atoms with E-state index in [9.17, 15) is 4.79 Å². The van der Waals surface area contributed by atoms with E-state index in [0.717, 1.165) is 12.3 Å². The first kappa shape index (κ1) is 10.5. The number of ether oxygens (including phenoxy) is 1. The molecular formula is C10H13ClN2O2. The first-order valence-corrected chi connectivity index (χ1v) is 5.51. The van der Waals surface area contributed by atoms with Crippen molar-refractivity contribution in [3.8, 4) is 5.88 Å². The summed E-state index contributed by atoms with van der Waals surface area (Å²) in [4.78, 5) is 17.3. The maximum Gasteiger partial charge on any atom is 0.273 e. The second kappa shape index (κ2) is 4.66. The molecule has 0 aromatic carbocycles. The Bertz CT molecular complexity index is 387. The summed E-state index contributed by atoms with van der Waals surface area (Å²) in [5.41, 5.74) is -0.356. The Morgan fingerprint density at radius 2 is 2.40 bits per heavy atom. The number of hydrogen-bond donors (Lipinski definition) is 1. The quantitative estimate of drug-likeness (QED) is 0.858. The van der Waals surface area contributed by atoms with E-state index in [-0.39, 0.29) is 16.5 Å². The topological polar surface area (TPSA) is 55.0 Å². The molecule has 1 heterocycles. The predicted molar refractivity (Wildman–Crippen MR) is 57.3 cm³/mol. The molecule has 82 valence electrons. The second-order valence-corrected chi connectivity index (χ2v) is 4.16. The number of aromatic nitrogens is 2. The molecule has 1 aliphatic carbocycles. The van der Waals surface area contributed by atoms with E-state index >= 15 is 0 Å². The number of nitrogens with zero attached hydrogens (tertiary/aromatic N) is 1. The lowest BCUT2D eigenvalue weighted by Crippen LogP contribution is -2.16. The van der Waals surface area contributed by atoms with E-state index in [2.05, 4.69) is 9.97 Å². The molecule has 5 heteroatoms. The molecule has 0 amide bonds. The van der Waals surface area contributed by atoms with Crippen molar-refractivity contribution in [2.24, 2.45) is 5.92 Å². The second-order valence-electron chi connectivity index (χ2n) is 3.78. The van der Waals surface area contributed by atoms with E-state index in [0.29, 0.717) is 6.61 Å². The van der Waals surface area contributed by atoms with Crippen molar-refractivity contribution >= 4 is 11.6 Å². The average Bonchev–Trinajstić information content (AvgIpc) is 2.16. The monoisotopic (exact) mass is 228 g/mol. The van der Waals surface area contributed by atoms with Gasteiger partial charge in [0.2, 0.25) is 5.88 Å². The van der Waals surface area contributed by atoms with Gasteiger partial charge in [-0.3, -0.25) is 4.79 Å². The Balaban J connectivity index is 1.87. The molecule has 4 nitrogen and oxygen atoms in total. The van der Waals surface area contributed by atoms with Crippen molar-refractivity contribution in [1.82, 2.24) is 9.97 Å². The smallest absolute Gasteiger partial charge is 0.273 e. The third-order valence-electron chi connectivity index (χ3n) is 2.75. The standard InChI is InChI=1S/C10H13ClN2O2/c11-8-9(14)12-6-13-10(8)15-5-4-7-2-1-3-7/h6-7H,1-5H2,(H,12,13,14). The van der Waals surface area contributed by atoms with Crippen molar-refractivity contribution < 1.29 is 4.74 Å². The van der Waals surface area contributed by atoms with Gasteiger partial charge in [0.15, 0.2) is 5.02 Å². The molecule has 0 aliphatic heterocycles. The molecule has 15 heavy (non-hydrogen) atoms. The van der Waals surface area contributed by atoms with Crippen LogP contribution in [0.5, 0.6) is 5.88 Å². The highest BCUT2D eigenvalue weighted by molar-refractivity contribution is 6.31. The van der Waals surface area contributed by atoms with E-state index in [4.69, 9.17) is 16.3 Å². The Hall–Kier alpha value is -1.03. The van der Waals surface area contributed by atoms with Crippen LogP contribution in [0, 0.1) is 5.92 Å². The molecule has 0 atom stereocenters. The molecular weight excluding hydrogens is 216 g/mol. The first-order chi connectivity index (χ1) is 7.27. The van der Waals surface area contributed by atoms with Crippen LogP contribution < -0.4 is 10.3 Å². The van der Waals surface area contributed by atoms with Crippen molar-refractivity contribution in [2.75, 3.05) is 6.61 Å². The zero-order valence-electron chi connectivity index (χ0n) is 8.33. The highest BCUT2D eigenvalue weighted by Gasteiger charge is 2.17. The van der Waals surface area contributed by atoms with Crippen LogP contribution in [0.2, 0.25) is 5.02 Å². The number of hydrogen-bond acceptors (Lipinski definition) is 3. The number of aromatic amines is 1. The van der Waals surface area contributed by atoms with Crippen molar-refractivity contribution in [1.29, 1.82) is 0 Å². The number of H-pyrrole nitrogens is 1. The number of rotatable bonds is 4. The fourth-order valence-corrected chi connectivity index (χ4v) is 1.73. The molecule has 0 radical (unpaired) electrons. The fraction of sp³-hybridized carbons (Fsp3) is 0.600. The molecule has 0 saturated heterocycles. The molecule has 1 saturated carbocycles. The highest BCUT2D eigenvalue weighted by Crippen LogP contribution is 2.29. The number of halogens is 1. The van der Waals surface area contributed by atoms with Gasteiger partial charge in [-0.2, -0.15) is 0 Å². The lowest BCUT2D eigenvalue weighted by Gasteiger charge is -2.24. The van der Waals surface area contributed by atoms with Crippen LogP contribution in [0.1, 0.15) is 25.7 Å². The maximum absolute atomic E-state index is 11.1. The molecule has 2 rings (SSSR count). The van der Waals surface area contributed by atoms with Crippen LogP contribution in [0.15, 0.2) is 11.1 Å². The Labute approximate surface area is 92.6 Å². The summed E-state index contributed by atoms with van der Waals surface area (Å²) in [5.74, 6) is 1.02. The molecule has 1 aliphatic rings. The van der Waals surface area contributed by atoms with Gasteiger partial charge in [-0.15, -0.1) is 0 Å². The van der Waals surface area contributed by atoms with Gasteiger partial charge in [0.05, 0.1) is 12.9 Å². The van der Waals surface area contributed by atoms with Gasteiger partial charge in [0.25, 0.3) is 5.56 Å². The summed E-state index contributed by atoms with van der Waals surface area (Å²) in [6.07, 6.45) is 6.23. The molecule has 1 fully saturated rings. The molecule has 1 aromatic heterocycles. The third kappa shape index (κ3) is 2.50. The van der Waals surface area contributed by atoms with Gasteiger partial charge in [0, 0.05) is 0 Å². The van der Waals surface area contributed by atoms with Gasteiger partial charge in [-0.05, 0) is 12.3 Å². The fourth-order valence-electron chi connectivity index (χ4n) is 1.57. The summed E-state index contributed by atoms with van der Waals surface area (Å²) in [7, 11) is 0. The predicted octanol–water partition coefficient (Wildman–Crippen LogP) is 1.99. The summed E-state index contributed by atoms with van der Waals surface area (Å²) >= 11 is 5.73. The summed E-state index contributed by atoms with van der Waals surface area (Å²) < 4.78 is 5.36. The summed E-state index contributed by atoms with van der Waals surface area (Å²) in [5, 5.41) is 0.0334. The molecule has 0 bridgehead atoms. The van der Waals surface area contributed by atoms with E-state index in [1.165, 1.54) is 25.6 Å². The van der Waals surface area contributed by atoms with Crippen LogP contribution >= 0.6 is 11.6 Å². The minimum absolute atomic E-state index is 0.0334. The van der Waals surface area contributed by atoms with Crippen LogP contribution in [-0.4, -0.2) is 16.6 Å². The summed E-state index contributed by atoms with van der Waals surface area (Å²) in [6, 6.07) is 0. The van der Waals surface area contributed by atoms with E-state index in [1.54, 1.807) is 0 Å². The maximum atomic E-state index is 11.1. The number of nitrogens with one attached hydrogen (secondary N) is 1. The average molecular weight is 229 g/mol. The van der Waals surface area contributed by atoms with Crippen molar-refractivity contribution in [3.05, 3.63) is 21.7 Å². The molecule has 0 unspecified atom stereocenters. The lowest BCUT2D eigenvalue weighted by molar-refractivity contribution is 0.217. The van der Waals surface area contributed by atoms with Gasteiger partial charge in [-0.25, -0.2) is 4.98 Å². The highest BCUT2D eigenvalue weighted by atomic mass is 35.5. The van der Waals surface area contributed by atoms with Gasteiger partial charge in [-0.1, -0.05) is 30.9 Å². The Kier molecular flexibility index (Phi) is 3.26. The Morgan fingerprint density at radius 1 is 1.60 bits per heavy atom. The zero-order valence-corrected chi connectivity index (χ0v) is 9.09. The van der Waals surface area contributed by atoms with Gasteiger partial charge < -0.3 is 9.72 Å². The van der Waals surface area contributed by atoms with Crippen molar-refractivity contribution in [3.63, 3.8) is 0 Å². The van der Waals surface area contributed by atoms with Crippen LogP contribution in [-0.2, 0) is 0 Å². The van der Waals surface area contributed by atoms with Gasteiger partial charge >= 0.3 is 0 Å². The summed E-state index contributed by atoms with van der Waals surface area (Å²) in [6.45, 7) is 0.584. The first-order valence-electron chi connectivity index (χ1n) is 5.13. The largest absolute Gasteiger partial charge is 0.476 e. The lowest BCUT2D eigenvalue weighted by atomic mass is 9.83. The molecule has 1 aromatic rings. The zero-order chi connectivity index (χ0) is 10.7. The normalized spacial score (nSPS) is 16.1. The third-order valence-corrected chi connectivity index (χ3v) is 3.09. The molecule has 1 N–H and O–H groups in total. The van der Waals surface area contributed by atoms with E-state index in [1.807, 2.05) is 0 Å². The van der Waals surface area contributed by atoms with Crippen LogP contribution in [0.25, 0.3) is 0 Å². The van der Waals surface area contributed by atoms with Crippen molar-refractivity contribution in [2.45, 2.75) is 25.7 Å². The minimum atomic E-state index is -0.356. The van der Waals surface area contributed by atoms with E-state index < -0.39 is 0 Å². The van der Waals surface area contributed by atoms with Crippen LogP contribution in [0.4, 0.5) is 0 Å².